The number of benzene rings is 1. The highest BCUT2D eigenvalue weighted by molar-refractivity contribution is 5.75. The molecule has 0 spiro atoms. The van der Waals surface area contributed by atoms with E-state index in [1.165, 1.54) is 13.0 Å². The van der Waals surface area contributed by atoms with Gasteiger partial charge in [-0.05, 0) is 6.92 Å². The number of nitrogens with two attached hydrogens (primary N) is 1. The number of ether oxygens (including phenoxy) is 1. The van der Waals surface area contributed by atoms with Crippen molar-refractivity contribution in [2.24, 2.45) is 5.73 Å². The molecule has 1 atom stereocenters. The molecule has 0 aliphatic rings. The largest absolute Gasteiger partial charge is 0.465 e. The second-order valence-corrected chi connectivity index (χ2v) is 3.82. The van der Waals surface area contributed by atoms with Crippen LogP contribution in [0.3, 0.4) is 0 Å². The van der Waals surface area contributed by atoms with E-state index >= 15 is 0 Å². The van der Waals surface area contributed by atoms with Gasteiger partial charge in [0.1, 0.15) is 11.6 Å². The monoisotopic (exact) mass is 283 g/mol. The number of hydrogen-bond donors (Lipinski definition) is 1. The molecule has 0 aromatic heterocycles. The molecule has 112 valence electrons. The van der Waals surface area contributed by atoms with E-state index in [1.807, 2.05) is 13.8 Å². The minimum Gasteiger partial charge on any atom is -0.465 e. The predicted octanol–water partition coefficient (Wildman–Crippen LogP) is 4.56. The number of hydrogen-bond acceptors (Lipinski definition) is 2. The van der Waals surface area contributed by atoms with Gasteiger partial charge in [-0.1, -0.05) is 44.7 Å². The second kappa shape index (κ2) is 9.26. The number of rotatable bonds is 5. The van der Waals surface area contributed by atoms with Crippen molar-refractivity contribution in [1.29, 1.82) is 0 Å². The lowest BCUT2D eigenvalue weighted by Crippen LogP contribution is -2.04. The summed E-state index contributed by atoms with van der Waals surface area (Å²) in [7, 11) is 0. The lowest BCUT2D eigenvalue weighted by atomic mass is 10.0. The SMILES string of the molecule is C=C/C(=C(\C)OC(C)F)c1cccc(CN)c1F.CC. The Labute approximate surface area is 119 Å². The maximum atomic E-state index is 14.1. The summed E-state index contributed by atoms with van der Waals surface area (Å²) in [6.07, 6.45) is -0.0168. The van der Waals surface area contributed by atoms with Crippen molar-refractivity contribution in [2.45, 2.75) is 40.6 Å². The molecule has 0 radical (unpaired) electrons. The highest BCUT2D eigenvalue weighted by Gasteiger charge is 2.13. The summed E-state index contributed by atoms with van der Waals surface area (Å²) in [6.45, 7) is 10.5. The molecule has 1 rings (SSSR count). The molecule has 0 bridgehead atoms. The van der Waals surface area contributed by atoms with Crippen molar-refractivity contribution in [1.82, 2.24) is 0 Å². The van der Waals surface area contributed by atoms with Gasteiger partial charge in [-0.25, -0.2) is 8.78 Å². The van der Waals surface area contributed by atoms with Crippen molar-refractivity contribution < 1.29 is 13.5 Å². The third kappa shape index (κ3) is 4.78. The van der Waals surface area contributed by atoms with E-state index < -0.39 is 12.2 Å². The average Bonchev–Trinajstić information content (AvgIpc) is 2.43. The average molecular weight is 283 g/mol. The molecule has 1 aromatic carbocycles. The van der Waals surface area contributed by atoms with Crippen LogP contribution >= 0.6 is 0 Å². The Morgan fingerprint density at radius 3 is 2.50 bits per heavy atom. The summed E-state index contributed by atoms with van der Waals surface area (Å²) in [6, 6.07) is 4.88. The zero-order valence-corrected chi connectivity index (χ0v) is 12.5. The standard InChI is InChI=1S/C14H17F2NO.C2H6/c1-4-12(9(2)18-10(3)15)13-7-5-6-11(8-17)14(13)16;1-2/h4-7,10H,1,8,17H2,2-3H3;1-2H3/b12-9-;. The zero-order valence-electron chi connectivity index (χ0n) is 12.5. The van der Waals surface area contributed by atoms with Crippen molar-refractivity contribution >= 4 is 5.57 Å². The van der Waals surface area contributed by atoms with E-state index in [2.05, 4.69) is 6.58 Å². The van der Waals surface area contributed by atoms with Crippen LogP contribution < -0.4 is 5.73 Å². The van der Waals surface area contributed by atoms with Crippen LogP contribution in [-0.2, 0) is 11.3 Å². The molecule has 2 N–H and O–H groups in total. The van der Waals surface area contributed by atoms with Gasteiger partial charge in [0, 0.05) is 30.2 Å². The number of allylic oxidation sites excluding steroid dienone is 3. The summed E-state index contributed by atoms with van der Waals surface area (Å²) >= 11 is 0. The van der Waals surface area contributed by atoms with E-state index in [9.17, 15) is 8.78 Å². The highest BCUT2D eigenvalue weighted by Crippen LogP contribution is 2.26. The van der Waals surface area contributed by atoms with Crippen LogP contribution in [-0.4, -0.2) is 6.36 Å². The van der Waals surface area contributed by atoms with Crippen molar-refractivity contribution in [3.8, 4) is 0 Å². The fourth-order valence-corrected chi connectivity index (χ4v) is 1.70. The summed E-state index contributed by atoms with van der Waals surface area (Å²) in [4.78, 5) is 0. The van der Waals surface area contributed by atoms with Crippen LogP contribution in [0.5, 0.6) is 0 Å². The van der Waals surface area contributed by atoms with Crippen LogP contribution in [0.1, 0.15) is 38.8 Å². The van der Waals surface area contributed by atoms with Gasteiger partial charge in [-0.15, -0.1) is 0 Å². The molecule has 0 saturated carbocycles. The first-order valence-electron chi connectivity index (χ1n) is 6.63. The Hall–Kier alpha value is -1.68. The topological polar surface area (TPSA) is 35.2 Å². The predicted molar refractivity (Wildman–Crippen MR) is 80.1 cm³/mol. The van der Waals surface area contributed by atoms with Crippen LogP contribution in [0.4, 0.5) is 8.78 Å². The molecular formula is C16H23F2NO. The summed E-state index contributed by atoms with van der Waals surface area (Å²) in [5, 5.41) is 0. The van der Waals surface area contributed by atoms with Gasteiger partial charge in [0.25, 0.3) is 0 Å². The summed E-state index contributed by atoms with van der Waals surface area (Å²) in [5.41, 5.74) is 6.58. The summed E-state index contributed by atoms with van der Waals surface area (Å²) < 4.78 is 31.8. The van der Waals surface area contributed by atoms with Gasteiger partial charge in [0.05, 0.1) is 0 Å². The minimum atomic E-state index is -1.46. The molecule has 1 unspecified atom stereocenters. The molecule has 0 fully saturated rings. The van der Waals surface area contributed by atoms with Crippen molar-refractivity contribution in [3.05, 3.63) is 53.6 Å². The van der Waals surface area contributed by atoms with Gasteiger partial charge < -0.3 is 10.5 Å². The molecular weight excluding hydrogens is 260 g/mol. The first kappa shape index (κ1) is 18.3. The normalized spacial score (nSPS) is 12.8. The van der Waals surface area contributed by atoms with Gasteiger partial charge in [0.15, 0.2) is 0 Å². The first-order chi connectivity index (χ1) is 9.51. The van der Waals surface area contributed by atoms with Gasteiger partial charge >= 0.3 is 0 Å². The Balaban J connectivity index is 0.00000172. The highest BCUT2D eigenvalue weighted by atomic mass is 19.1. The van der Waals surface area contributed by atoms with Crippen molar-refractivity contribution in [3.63, 3.8) is 0 Å². The van der Waals surface area contributed by atoms with Crippen LogP contribution in [0, 0.1) is 5.82 Å². The van der Waals surface area contributed by atoms with Crippen molar-refractivity contribution in [2.75, 3.05) is 0 Å². The molecule has 0 heterocycles. The van der Waals surface area contributed by atoms with Crippen LogP contribution in [0.15, 0.2) is 36.6 Å². The maximum absolute atomic E-state index is 14.1. The van der Waals surface area contributed by atoms with E-state index in [-0.39, 0.29) is 12.3 Å². The molecule has 0 aliphatic carbocycles. The Kier molecular flexibility index (Phi) is 8.48. The van der Waals surface area contributed by atoms with E-state index in [0.717, 1.165) is 0 Å². The minimum absolute atomic E-state index is 0.101. The fraction of sp³-hybridized carbons (Fsp3) is 0.375. The molecule has 4 heteroatoms. The lowest BCUT2D eigenvalue weighted by molar-refractivity contribution is 0.0242. The second-order valence-electron chi connectivity index (χ2n) is 3.82. The number of alkyl halides is 1. The first-order valence-corrected chi connectivity index (χ1v) is 6.63. The molecule has 0 aliphatic heterocycles. The molecule has 2 nitrogen and oxygen atoms in total. The van der Waals surface area contributed by atoms with Gasteiger partial charge in [0.2, 0.25) is 6.36 Å². The zero-order chi connectivity index (χ0) is 15.7. The summed E-state index contributed by atoms with van der Waals surface area (Å²) in [5.74, 6) is -0.141. The maximum Gasteiger partial charge on any atom is 0.235 e. The van der Waals surface area contributed by atoms with Crippen LogP contribution in [0.25, 0.3) is 5.57 Å². The third-order valence-electron chi connectivity index (χ3n) is 2.51. The Morgan fingerprint density at radius 2 is 2.05 bits per heavy atom. The Bertz CT molecular complexity index is 468. The fourth-order valence-electron chi connectivity index (χ4n) is 1.70. The van der Waals surface area contributed by atoms with E-state index in [1.54, 1.807) is 25.1 Å². The Morgan fingerprint density at radius 1 is 1.45 bits per heavy atom. The van der Waals surface area contributed by atoms with Gasteiger partial charge in [-0.3, -0.25) is 0 Å². The molecule has 0 amide bonds. The molecule has 1 aromatic rings. The lowest BCUT2D eigenvalue weighted by Gasteiger charge is -2.13. The van der Waals surface area contributed by atoms with E-state index in [0.29, 0.717) is 16.7 Å². The quantitative estimate of drug-likeness (QED) is 0.635. The van der Waals surface area contributed by atoms with Crippen LogP contribution in [0.2, 0.25) is 0 Å². The van der Waals surface area contributed by atoms with Gasteiger partial charge in [-0.2, -0.15) is 0 Å². The number of halogens is 2. The third-order valence-corrected chi connectivity index (χ3v) is 2.51. The molecule has 20 heavy (non-hydrogen) atoms. The smallest absolute Gasteiger partial charge is 0.235 e. The molecule has 0 saturated heterocycles. The van der Waals surface area contributed by atoms with E-state index in [4.69, 9.17) is 10.5 Å².